The largest absolute Gasteiger partial charge is 0.330 e. The van der Waals surface area contributed by atoms with E-state index in [4.69, 9.17) is 11.6 Å². The van der Waals surface area contributed by atoms with Crippen molar-refractivity contribution in [1.82, 2.24) is 5.43 Å². The molecule has 5 N–H and O–H groups in total. The highest BCUT2D eigenvalue weighted by Crippen LogP contribution is 2.06. The second-order valence-electron chi connectivity index (χ2n) is 2.78. The summed E-state index contributed by atoms with van der Waals surface area (Å²) in [4.78, 5) is 10.7. The van der Waals surface area contributed by atoms with E-state index in [1.807, 2.05) is 11.8 Å². The zero-order chi connectivity index (χ0) is 9.94. The van der Waals surface area contributed by atoms with E-state index in [0.717, 1.165) is 37.3 Å². The van der Waals surface area contributed by atoms with Gasteiger partial charge in [0.25, 0.3) is 0 Å². The van der Waals surface area contributed by atoms with Crippen molar-refractivity contribution in [2.24, 2.45) is 11.6 Å². The normalized spacial score (nSPS) is 10.0. The van der Waals surface area contributed by atoms with Crippen molar-refractivity contribution in [2.45, 2.75) is 25.7 Å². The molecule has 78 valence electrons. The third-order valence-electron chi connectivity index (χ3n) is 1.60. The van der Waals surface area contributed by atoms with Gasteiger partial charge in [-0.25, -0.2) is 5.84 Å². The number of hydrogen-bond donors (Lipinski definition) is 3. The number of carbonyl (C=O) groups is 1. The van der Waals surface area contributed by atoms with Crippen molar-refractivity contribution in [2.75, 3.05) is 18.1 Å². The maximum atomic E-state index is 10.7. The first-order valence-electron chi connectivity index (χ1n) is 4.58. The molecule has 0 rings (SSSR count). The van der Waals surface area contributed by atoms with Crippen LogP contribution in [0.25, 0.3) is 0 Å². The van der Waals surface area contributed by atoms with Gasteiger partial charge in [0, 0.05) is 6.42 Å². The van der Waals surface area contributed by atoms with Crippen LogP contribution in [0, 0.1) is 0 Å². The zero-order valence-corrected chi connectivity index (χ0v) is 8.74. The topological polar surface area (TPSA) is 81.1 Å². The summed E-state index contributed by atoms with van der Waals surface area (Å²) in [5, 5.41) is 0. The van der Waals surface area contributed by atoms with Crippen LogP contribution >= 0.6 is 11.8 Å². The molecule has 0 bridgehead atoms. The number of amides is 1. The molecule has 0 fully saturated rings. The summed E-state index contributed by atoms with van der Waals surface area (Å²) >= 11 is 1.89. The molecule has 1 amide bonds. The molecule has 0 saturated carbocycles. The number of rotatable bonds is 8. The van der Waals surface area contributed by atoms with Gasteiger partial charge >= 0.3 is 0 Å². The maximum absolute atomic E-state index is 10.7. The summed E-state index contributed by atoms with van der Waals surface area (Å²) in [6.07, 6.45) is 3.60. The van der Waals surface area contributed by atoms with Gasteiger partial charge in [-0.05, 0) is 37.3 Å². The van der Waals surface area contributed by atoms with Crippen LogP contribution in [0.15, 0.2) is 0 Å². The lowest BCUT2D eigenvalue weighted by atomic mass is 10.2. The van der Waals surface area contributed by atoms with Crippen LogP contribution in [0.5, 0.6) is 0 Å². The number of nitrogens with two attached hydrogens (primary N) is 2. The van der Waals surface area contributed by atoms with Crippen molar-refractivity contribution in [3.05, 3.63) is 0 Å². The molecule has 0 aromatic heterocycles. The second kappa shape index (κ2) is 9.83. The molecule has 0 atom stereocenters. The van der Waals surface area contributed by atoms with E-state index in [1.165, 1.54) is 0 Å². The Morgan fingerprint density at radius 1 is 1.23 bits per heavy atom. The highest BCUT2D eigenvalue weighted by molar-refractivity contribution is 7.99. The molecular weight excluding hydrogens is 186 g/mol. The molecule has 0 aromatic rings. The molecule has 0 unspecified atom stereocenters. The van der Waals surface area contributed by atoms with Crippen LogP contribution in [-0.2, 0) is 4.79 Å². The van der Waals surface area contributed by atoms with E-state index in [-0.39, 0.29) is 5.91 Å². The Morgan fingerprint density at radius 3 is 2.54 bits per heavy atom. The second-order valence-corrected chi connectivity index (χ2v) is 4.00. The average molecular weight is 205 g/mol. The van der Waals surface area contributed by atoms with Crippen molar-refractivity contribution in [3.63, 3.8) is 0 Å². The maximum Gasteiger partial charge on any atom is 0.233 e. The molecule has 0 aliphatic heterocycles. The van der Waals surface area contributed by atoms with Gasteiger partial charge < -0.3 is 5.73 Å². The van der Waals surface area contributed by atoms with Gasteiger partial charge in [0.2, 0.25) is 5.91 Å². The average Bonchev–Trinajstić information content (AvgIpc) is 2.16. The highest BCUT2D eigenvalue weighted by Gasteiger charge is 1.97. The standard InChI is InChI=1S/C8H19N3OS/c9-5-3-7-13-6-2-1-4-8(12)11-10/h1-7,9-10H2,(H,11,12). The lowest BCUT2D eigenvalue weighted by Gasteiger charge is -2.00. The smallest absolute Gasteiger partial charge is 0.233 e. The summed E-state index contributed by atoms with van der Waals surface area (Å²) in [5.74, 6) is 7.09. The third-order valence-corrected chi connectivity index (χ3v) is 2.75. The number of nitrogens with one attached hydrogen (secondary N) is 1. The summed E-state index contributed by atoms with van der Waals surface area (Å²) in [7, 11) is 0. The Labute approximate surface area is 83.8 Å². The van der Waals surface area contributed by atoms with Crippen molar-refractivity contribution in [3.8, 4) is 0 Å². The van der Waals surface area contributed by atoms with Crippen molar-refractivity contribution >= 4 is 17.7 Å². The van der Waals surface area contributed by atoms with Crippen molar-refractivity contribution < 1.29 is 4.79 Å². The predicted molar refractivity (Wildman–Crippen MR) is 57.2 cm³/mol. The highest BCUT2D eigenvalue weighted by atomic mass is 32.2. The summed E-state index contributed by atoms with van der Waals surface area (Å²) in [6, 6.07) is 0. The Kier molecular flexibility index (Phi) is 9.63. The fraction of sp³-hybridized carbons (Fsp3) is 0.875. The van der Waals surface area contributed by atoms with Crippen LogP contribution in [0.3, 0.4) is 0 Å². The van der Waals surface area contributed by atoms with Gasteiger partial charge in [-0.2, -0.15) is 11.8 Å². The van der Waals surface area contributed by atoms with E-state index < -0.39 is 0 Å². The zero-order valence-electron chi connectivity index (χ0n) is 7.92. The van der Waals surface area contributed by atoms with Crippen LogP contribution < -0.4 is 17.0 Å². The summed E-state index contributed by atoms with van der Waals surface area (Å²) < 4.78 is 0. The van der Waals surface area contributed by atoms with Crippen molar-refractivity contribution in [1.29, 1.82) is 0 Å². The summed E-state index contributed by atoms with van der Waals surface area (Å²) in [5.41, 5.74) is 7.46. The van der Waals surface area contributed by atoms with Gasteiger partial charge in [-0.3, -0.25) is 10.2 Å². The van der Waals surface area contributed by atoms with Gasteiger partial charge in [-0.1, -0.05) is 0 Å². The first-order valence-corrected chi connectivity index (χ1v) is 5.74. The molecule has 5 heteroatoms. The lowest BCUT2D eigenvalue weighted by Crippen LogP contribution is -2.29. The first kappa shape index (κ1) is 12.7. The van der Waals surface area contributed by atoms with Crippen LogP contribution in [0.2, 0.25) is 0 Å². The molecule has 0 saturated heterocycles. The van der Waals surface area contributed by atoms with Crippen LogP contribution in [0.4, 0.5) is 0 Å². The van der Waals surface area contributed by atoms with E-state index in [9.17, 15) is 4.79 Å². The molecule has 4 nitrogen and oxygen atoms in total. The predicted octanol–water partition coefficient (Wildman–Crippen LogP) is 0.229. The SMILES string of the molecule is NCCCSCCCCC(=O)NN. The lowest BCUT2D eigenvalue weighted by molar-refractivity contribution is -0.121. The molecular formula is C8H19N3OS. The Balaban J connectivity index is 2.95. The molecule has 0 spiro atoms. The van der Waals surface area contributed by atoms with E-state index in [2.05, 4.69) is 5.43 Å². The van der Waals surface area contributed by atoms with E-state index in [0.29, 0.717) is 6.42 Å². The number of thioether (sulfide) groups is 1. The van der Waals surface area contributed by atoms with E-state index >= 15 is 0 Å². The molecule has 0 aliphatic carbocycles. The monoisotopic (exact) mass is 205 g/mol. The fourth-order valence-electron chi connectivity index (χ4n) is 0.849. The first-order chi connectivity index (χ1) is 6.31. The minimum Gasteiger partial charge on any atom is -0.330 e. The number of unbranched alkanes of at least 4 members (excludes halogenated alkanes) is 1. The molecule has 13 heavy (non-hydrogen) atoms. The number of carbonyl (C=O) groups excluding carboxylic acids is 1. The van der Waals surface area contributed by atoms with Gasteiger partial charge in [0.1, 0.15) is 0 Å². The van der Waals surface area contributed by atoms with Crippen LogP contribution in [0.1, 0.15) is 25.7 Å². The quantitative estimate of drug-likeness (QED) is 0.229. The molecule has 0 radical (unpaired) electrons. The minimum absolute atomic E-state index is 0.0769. The number of hydrogen-bond acceptors (Lipinski definition) is 4. The van der Waals surface area contributed by atoms with Gasteiger partial charge in [0.05, 0.1) is 0 Å². The fourth-order valence-corrected chi connectivity index (χ4v) is 1.83. The molecule has 0 aliphatic rings. The Hall–Kier alpha value is -0.260. The van der Waals surface area contributed by atoms with Crippen LogP contribution in [-0.4, -0.2) is 24.0 Å². The Bertz CT molecular complexity index is 133. The van der Waals surface area contributed by atoms with Gasteiger partial charge in [-0.15, -0.1) is 0 Å². The summed E-state index contributed by atoms with van der Waals surface area (Å²) in [6.45, 7) is 0.766. The Morgan fingerprint density at radius 2 is 1.92 bits per heavy atom. The van der Waals surface area contributed by atoms with Gasteiger partial charge in [0.15, 0.2) is 0 Å². The third kappa shape index (κ3) is 9.66. The molecule has 0 heterocycles. The molecule has 0 aromatic carbocycles. The number of hydrazine groups is 1. The minimum atomic E-state index is -0.0769. The van der Waals surface area contributed by atoms with E-state index in [1.54, 1.807) is 0 Å².